The molecule has 34 heavy (non-hydrogen) atoms. The Morgan fingerprint density at radius 3 is 2.35 bits per heavy atom. The van der Waals surface area contributed by atoms with Gasteiger partial charge in [-0.1, -0.05) is 6.07 Å². The Labute approximate surface area is 200 Å². The SMILES string of the molecule is CC1CN(S(=O)(=O)c2ccc(NC(=O)CNC(C)(C)c3ccc4c(c3)OCO4)cc2)CC(C)O1. The summed E-state index contributed by atoms with van der Waals surface area (Å²) in [5, 5.41) is 6.06. The van der Waals surface area contributed by atoms with Gasteiger partial charge in [0.25, 0.3) is 0 Å². The Kier molecular flexibility index (Phi) is 6.86. The van der Waals surface area contributed by atoms with Crippen LogP contribution in [-0.4, -0.2) is 57.3 Å². The van der Waals surface area contributed by atoms with E-state index >= 15 is 0 Å². The topological polar surface area (TPSA) is 106 Å². The lowest BCUT2D eigenvalue weighted by Crippen LogP contribution is -2.48. The number of hydrogen-bond acceptors (Lipinski definition) is 7. The van der Waals surface area contributed by atoms with Gasteiger partial charge in [0.05, 0.1) is 23.6 Å². The van der Waals surface area contributed by atoms with Crippen molar-refractivity contribution in [1.29, 1.82) is 0 Å². The maximum Gasteiger partial charge on any atom is 0.243 e. The zero-order valence-corrected chi connectivity index (χ0v) is 20.6. The predicted molar refractivity (Wildman–Crippen MR) is 127 cm³/mol. The highest BCUT2D eigenvalue weighted by Gasteiger charge is 2.32. The maximum atomic E-state index is 13.0. The molecule has 0 bridgehead atoms. The van der Waals surface area contributed by atoms with Gasteiger partial charge in [0.2, 0.25) is 22.7 Å². The third-order valence-electron chi connectivity index (χ3n) is 5.95. The Morgan fingerprint density at radius 1 is 1.03 bits per heavy atom. The van der Waals surface area contributed by atoms with Crippen LogP contribution in [0.25, 0.3) is 0 Å². The normalized spacial score (nSPS) is 20.8. The van der Waals surface area contributed by atoms with Crippen LogP contribution in [0.5, 0.6) is 11.5 Å². The van der Waals surface area contributed by atoms with E-state index in [4.69, 9.17) is 14.2 Å². The van der Waals surface area contributed by atoms with Crippen LogP contribution in [0.1, 0.15) is 33.3 Å². The van der Waals surface area contributed by atoms with Gasteiger partial charge in [-0.3, -0.25) is 10.1 Å². The summed E-state index contributed by atoms with van der Waals surface area (Å²) < 4.78 is 43.8. The minimum absolute atomic E-state index is 0.0745. The van der Waals surface area contributed by atoms with E-state index in [0.717, 1.165) is 5.56 Å². The molecule has 2 aromatic rings. The molecule has 1 saturated heterocycles. The number of fused-ring (bicyclic) bond motifs is 1. The number of carbonyl (C=O) groups excluding carboxylic acids is 1. The first-order valence-corrected chi connectivity index (χ1v) is 12.7. The monoisotopic (exact) mass is 489 g/mol. The molecule has 2 unspecified atom stereocenters. The molecule has 2 N–H and O–H groups in total. The molecule has 9 nitrogen and oxygen atoms in total. The Hall–Kier alpha value is -2.66. The molecule has 0 radical (unpaired) electrons. The van der Waals surface area contributed by atoms with Crippen molar-refractivity contribution in [3.63, 3.8) is 0 Å². The number of benzene rings is 2. The first-order chi connectivity index (χ1) is 16.0. The highest BCUT2D eigenvalue weighted by atomic mass is 32.2. The lowest BCUT2D eigenvalue weighted by Gasteiger charge is -2.34. The molecule has 184 valence electrons. The summed E-state index contributed by atoms with van der Waals surface area (Å²) in [4.78, 5) is 12.7. The Balaban J connectivity index is 1.34. The number of amides is 1. The highest BCUT2D eigenvalue weighted by Crippen LogP contribution is 2.35. The number of rotatable bonds is 7. The van der Waals surface area contributed by atoms with Crippen molar-refractivity contribution in [1.82, 2.24) is 9.62 Å². The summed E-state index contributed by atoms with van der Waals surface area (Å²) in [5.74, 6) is 1.16. The molecular weight excluding hydrogens is 458 g/mol. The molecular formula is C24H31N3O6S. The smallest absolute Gasteiger partial charge is 0.243 e. The van der Waals surface area contributed by atoms with E-state index in [1.807, 2.05) is 45.9 Å². The zero-order valence-electron chi connectivity index (χ0n) is 19.8. The molecule has 0 aromatic heterocycles. The lowest BCUT2D eigenvalue weighted by atomic mass is 9.94. The number of ether oxygens (including phenoxy) is 3. The molecule has 0 saturated carbocycles. The van der Waals surface area contributed by atoms with Crippen molar-refractivity contribution in [2.45, 2.75) is 50.3 Å². The van der Waals surface area contributed by atoms with Gasteiger partial charge in [0.1, 0.15) is 0 Å². The van der Waals surface area contributed by atoms with Crippen LogP contribution in [0.15, 0.2) is 47.4 Å². The summed E-state index contributed by atoms with van der Waals surface area (Å²) in [5.41, 5.74) is 1.00. The summed E-state index contributed by atoms with van der Waals surface area (Å²) in [7, 11) is -3.63. The van der Waals surface area contributed by atoms with Gasteiger partial charge in [-0.2, -0.15) is 4.31 Å². The van der Waals surface area contributed by atoms with Gasteiger partial charge in [-0.25, -0.2) is 8.42 Å². The van der Waals surface area contributed by atoms with Gasteiger partial charge in [-0.15, -0.1) is 0 Å². The van der Waals surface area contributed by atoms with E-state index in [2.05, 4.69) is 10.6 Å². The second-order valence-corrected chi connectivity index (χ2v) is 11.1. The molecule has 0 spiro atoms. The van der Waals surface area contributed by atoms with Gasteiger partial charge in [0.15, 0.2) is 11.5 Å². The molecule has 1 fully saturated rings. The van der Waals surface area contributed by atoms with Crippen LogP contribution in [0.2, 0.25) is 0 Å². The van der Waals surface area contributed by atoms with Crippen molar-refractivity contribution >= 4 is 21.6 Å². The lowest BCUT2D eigenvalue weighted by molar-refractivity contribution is -0.115. The molecule has 2 atom stereocenters. The van der Waals surface area contributed by atoms with E-state index in [9.17, 15) is 13.2 Å². The zero-order chi connectivity index (χ0) is 24.5. The number of hydrogen-bond donors (Lipinski definition) is 2. The van der Waals surface area contributed by atoms with Gasteiger partial charge in [-0.05, 0) is 69.7 Å². The van der Waals surface area contributed by atoms with E-state index in [1.165, 1.54) is 16.4 Å². The van der Waals surface area contributed by atoms with Crippen LogP contribution < -0.4 is 20.1 Å². The van der Waals surface area contributed by atoms with Crippen LogP contribution >= 0.6 is 0 Å². The first-order valence-electron chi connectivity index (χ1n) is 11.3. The van der Waals surface area contributed by atoms with Crippen LogP contribution in [0.3, 0.4) is 0 Å². The molecule has 1 amide bonds. The summed E-state index contributed by atoms with van der Waals surface area (Å²) >= 11 is 0. The molecule has 0 aliphatic carbocycles. The standard InChI is InChI=1S/C24H31N3O6S/c1-16-13-27(14-17(2)33-16)34(29,30)20-8-6-19(7-9-20)26-23(28)12-25-24(3,4)18-5-10-21-22(11-18)32-15-31-21/h5-11,16-17,25H,12-15H2,1-4H3,(H,26,28). The number of anilines is 1. The van der Waals surface area contributed by atoms with E-state index < -0.39 is 15.6 Å². The van der Waals surface area contributed by atoms with Gasteiger partial charge >= 0.3 is 0 Å². The number of nitrogens with one attached hydrogen (secondary N) is 2. The van der Waals surface area contributed by atoms with Crippen molar-refractivity contribution in [2.24, 2.45) is 0 Å². The van der Waals surface area contributed by atoms with Gasteiger partial charge < -0.3 is 19.5 Å². The van der Waals surface area contributed by atoms with Crippen LogP contribution in [0.4, 0.5) is 5.69 Å². The molecule has 4 rings (SSSR count). The summed E-state index contributed by atoms with van der Waals surface area (Å²) in [6.45, 7) is 8.59. The van der Waals surface area contributed by atoms with Crippen molar-refractivity contribution < 1.29 is 27.4 Å². The van der Waals surface area contributed by atoms with Crippen LogP contribution in [-0.2, 0) is 25.1 Å². The third kappa shape index (κ3) is 5.35. The minimum Gasteiger partial charge on any atom is -0.454 e. The molecule has 2 aliphatic heterocycles. The molecule has 2 heterocycles. The van der Waals surface area contributed by atoms with Gasteiger partial charge in [0, 0.05) is 24.3 Å². The van der Waals surface area contributed by atoms with Crippen molar-refractivity contribution in [2.75, 3.05) is 31.7 Å². The summed E-state index contributed by atoms with van der Waals surface area (Å²) in [6, 6.07) is 11.9. The first kappa shape index (κ1) is 24.5. The number of sulfonamides is 1. The highest BCUT2D eigenvalue weighted by molar-refractivity contribution is 7.89. The molecule has 2 aliphatic rings. The van der Waals surface area contributed by atoms with Crippen molar-refractivity contribution in [3.05, 3.63) is 48.0 Å². The fourth-order valence-electron chi connectivity index (χ4n) is 4.08. The number of morpholine rings is 1. The Bertz CT molecular complexity index is 1140. The van der Waals surface area contributed by atoms with Crippen molar-refractivity contribution in [3.8, 4) is 11.5 Å². The second-order valence-electron chi connectivity index (χ2n) is 9.20. The van der Waals surface area contributed by atoms with E-state index in [0.29, 0.717) is 30.3 Å². The average Bonchev–Trinajstić information content (AvgIpc) is 3.26. The molecule has 2 aromatic carbocycles. The summed E-state index contributed by atoms with van der Waals surface area (Å²) in [6.07, 6.45) is -0.321. The van der Waals surface area contributed by atoms with Crippen LogP contribution in [0, 0.1) is 0 Å². The maximum absolute atomic E-state index is 13.0. The minimum atomic E-state index is -3.63. The second kappa shape index (κ2) is 9.53. The Morgan fingerprint density at radius 2 is 1.68 bits per heavy atom. The number of carbonyl (C=O) groups is 1. The average molecular weight is 490 g/mol. The number of nitrogens with zero attached hydrogens (tertiary/aromatic N) is 1. The quantitative estimate of drug-likeness (QED) is 0.616. The predicted octanol–water partition coefficient (Wildman–Crippen LogP) is 2.68. The fourth-order valence-corrected chi connectivity index (χ4v) is 5.67. The largest absolute Gasteiger partial charge is 0.454 e. The van der Waals surface area contributed by atoms with E-state index in [1.54, 1.807) is 12.1 Å². The molecule has 10 heteroatoms. The third-order valence-corrected chi connectivity index (χ3v) is 7.79. The van der Waals surface area contributed by atoms with E-state index in [-0.39, 0.29) is 36.3 Å². The fraction of sp³-hybridized carbons (Fsp3) is 0.458.